The third-order valence-electron chi connectivity index (χ3n) is 3.26. The first kappa shape index (κ1) is 16.4. The second kappa shape index (κ2) is 7.82. The number of hydrogen-bond donors (Lipinski definition) is 1. The Kier molecular flexibility index (Phi) is 6.75. The topological polar surface area (TPSA) is 50.8 Å². The van der Waals surface area contributed by atoms with Gasteiger partial charge in [0.05, 0.1) is 18.8 Å². The molecule has 1 fully saturated rings. The van der Waals surface area contributed by atoms with Crippen molar-refractivity contribution in [3.05, 3.63) is 0 Å². The predicted octanol–water partition coefficient (Wildman–Crippen LogP) is 1.03. The maximum Gasteiger partial charge on any atom is 0.323 e. The van der Waals surface area contributed by atoms with Crippen LogP contribution in [0.15, 0.2) is 0 Å². The number of morpholine rings is 1. The first-order valence-electron chi connectivity index (χ1n) is 7.25. The van der Waals surface area contributed by atoms with Gasteiger partial charge in [-0.3, -0.25) is 9.69 Å². The molecule has 5 nitrogen and oxygen atoms in total. The Morgan fingerprint density at radius 1 is 1.47 bits per heavy atom. The van der Waals surface area contributed by atoms with E-state index in [0.29, 0.717) is 6.61 Å². The Balaban J connectivity index is 2.40. The summed E-state index contributed by atoms with van der Waals surface area (Å²) in [4.78, 5) is 14.2. The van der Waals surface area contributed by atoms with Crippen molar-refractivity contribution < 1.29 is 14.3 Å². The lowest BCUT2D eigenvalue weighted by Crippen LogP contribution is -2.50. The quantitative estimate of drug-likeness (QED) is 0.702. The largest absolute Gasteiger partial charge is 0.465 e. The molecule has 19 heavy (non-hydrogen) atoms. The minimum absolute atomic E-state index is 0.0874. The molecule has 1 heterocycles. The maximum atomic E-state index is 11.8. The van der Waals surface area contributed by atoms with E-state index < -0.39 is 0 Å². The van der Waals surface area contributed by atoms with Crippen molar-refractivity contribution in [3.8, 4) is 0 Å². The summed E-state index contributed by atoms with van der Waals surface area (Å²) in [5, 5.41) is 3.20. The molecule has 0 spiro atoms. The summed E-state index contributed by atoms with van der Waals surface area (Å²) in [7, 11) is 0. The van der Waals surface area contributed by atoms with Crippen LogP contribution in [0, 0.1) is 0 Å². The molecule has 0 aliphatic carbocycles. The third-order valence-corrected chi connectivity index (χ3v) is 3.26. The Hall–Kier alpha value is -0.650. The van der Waals surface area contributed by atoms with E-state index in [1.807, 2.05) is 13.8 Å². The van der Waals surface area contributed by atoms with E-state index in [2.05, 4.69) is 24.1 Å². The van der Waals surface area contributed by atoms with Gasteiger partial charge in [0.15, 0.2) is 0 Å². The molecule has 112 valence electrons. The highest BCUT2D eigenvalue weighted by Crippen LogP contribution is 2.16. The van der Waals surface area contributed by atoms with E-state index in [0.717, 1.165) is 39.2 Å². The predicted molar refractivity (Wildman–Crippen MR) is 75.2 cm³/mol. The van der Waals surface area contributed by atoms with Crippen molar-refractivity contribution in [1.82, 2.24) is 10.2 Å². The number of esters is 1. The van der Waals surface area contributed by atoms with Crippen molar-refractivity contribution in [2.45, 2.75) is 45.8 Å². The first-order valence-corrected chi connectivity index (χ1v) is 7.25. The van der Waals surface area contributed by atoms with Gasteiger partial charge in [-0.05, 0) is 33.7 Å². The molecule has 1 saturated heterocycles. The van der Waals surface area contributed by atoms with Crippen molar-refractivity contribution in [3.63, 3.8) is 0 Å². The number of nitrogens with zero attached hydrogens (tertiary/aromatic N) is 1. The number of likely N-dealkylation sites (N-methyl/N-ethyl adjacent to an activating group) is 1. The van der Waals surface area contributed by atoms with Crippen LogP contribution >= 0.6 is 0 Å². The maximum absolute atomic E-state index is 11.8. The molecule has 5 heteroatoms. The van der Waals surface area contributed by atoms with E-state index in [4.69, 9.17) is 9.47 Å². The lowest BCUT2D eigenvalue weighted by molar-refractivity contribution is -0.146. The highest BCUT2D eigenvalue weighted by molar-refractivity contribution is 5.75. The lowest BCUT2D eigenvalue weighted by Gasteiger charge is -2.38. The van der Waals surface area contributed by atoms with Crippen molar-refractivity contribution >= 4 is 5.97 Å². The second-order valence-electron chi connectivity index (χ2n) is 5.54. The van der Waals surface area contributed by atoms with Gasteiger partial charge in [0, 0.05) is 19.6 Å². The number of carbonyl (C=O) groups excluding carboxylic acids is 1. The monoisotopic (exact) mass is 272 g/mol. The molecular weight excluding hydrogens is 244 g/mol. The summed E-state index contributed by atoms with van der Waals surface area (Å²) in [6, 6.07) is -0.198. The average molecular weight is 272 g/mol. The van der Waals surface area contributed by atoms with Crippen LogP contribution in [0.4, 0.5) is 0 Å². The zero-order valence-corrected chi connectivity index (χ0v) is 12.7. The molecule has 0 aromatic rings. The lowest BCUT2D eigenvalue weighted by atomic mass is 10.1. The molecule has 0 radical (unpaired) electrons. The van der Waals surface area contributed by atoms with E-state index in [1.54, 1.807) is 0 Å². The van der Waals surface area contributed by atoms with E-state index in [9.17, 15) is 4.79 Å². The van der Waals surface area contributed by atoms with Crippen molar-refractivity contribution in [1.29, 1.82) is 0 Å². The molecule has 1 aliphatic rings. The molecule has 0 saturated carbocycles. The summed E-state index contributed by atoms with van der Waals surface area (Å²) in [5.41, 5.74) is -0.0874. The van der Waals surface area contributed by atoms with Crippen LogP contribution in [-0.2, 0) is 14.3 Å². The second-order valence-corrected chi connectivity index (χ2v) is 5.54. The number of hydrogen-bond acceptors (Lipinski definition) is 5. The van der Waals surface area contributed by atoms with Crippen LogP contribution in [0.25, 0.3) is 0 Å². The number of rotatable bonds is 7. The average Bonchev–Trinajstić information content (AvgIpc) is 2.33. The minimum atomic E-state index is -0.198. The van der Waals surface area contributed by atoms with E-state index >= 15 is 0 Å². The van der Waals surface area contributed by atoms with Crippen LogP contribution < -0.4 is 5.32 Å². The van der Waals surface area contributed by atoms with Gasteiger partial charge in [0.2, 0.25) is 0 Å². The zero-order chi connectivity index (χ0) is 14.3. The van der Waals surface area contributed by atoms with Gasteiger partial charge < -0.3 is 14.8 Å². The first-order chi connectivity index (χ1) is 8.98. The molecule has 1 N–H and O–H groups in total. The van der Waals surface area contributed by atoms with Gasteiger partial charge in [-0.15, -0.1) is 0 Å². The molecule has 1 aliphatic heterocycles. The molecule has 0 aromatic heterocycles. The number of nitrogens with one attached hydrogen (secondary N) is 1. The van der Waals surface area contributed by atoms with Gasteiger partial charge in [0.25, 0.3) is 0 Å². The minimum Gasteiger partial charge on any atom is -0.465 e. The summed E-state index contributed by atoms with van der Waals surface area (Å²) in [6.45, 7) is 12.8. The fourth-order valence-corrected chi connectivity index (χ4v) is 2.41. The van der Waals surface area contributed by atoms with E-state index in [1.165, 1.54) is 0 Å². The van der Waals surface area contributed by atoms with Crippen LogP contribution in [0.1, 0.15) is 34.1 Å². The smallest absolute Gasteiger partial charge is 0.323 e. The third kappa shape index (κ3) is 5.89. The fourth-order valence-electron chi connectivity index (χ4n) is 2.41. The van der Waals surface area contributed by atoms with Gasteiger partial charge >= 0.3 is 5.97 Å². The van der Waals surface area contributed by atoms with Gasteiger partial charge in [-0.1, -0.05) is 6.92 Å². The molecule has 1 rings (SSSR count). The number of carbonyl (C=O) groups is 1. The molecular formula is C14H28N2O3. The summed E-state index contributed by atoms with van der Waals surface area (Å²) >= 11 is 0. The van der Waals surface area contributed by atoms with Crippen LogP contribution in [0.5, 0.6) is 0 Å². The highest BCUT2D eigenvalue weighted by atomic mass is 16.5. The molecule has 1 unspecified atom stereocenters. The van der Waals surface area contributed by atoms with Crippen molar-refractivity contribution in [2.75, 3.05) is 39.4 Å². The molecule has 0 bridgehead atoms. The van der Waals surface area contributed by atoms with Crippen LogP contribution in [-0.4, -0.2) is 61.9 Å². The van der Waals surface area contributed by atoms with Gasteiger partial charge in [0.1, 0.15) is 6.04 Å². The Morgan fingerprint density at radius 3 is 2.79 bits per heavy atom. The van der Waals surface area contributed by atoms with Crippen LogP contribution in [0.2, 0.25) is 0 Å². The van der Waals surface area contributed by atoms with Gasteiger partial charge in [-0.25, -0.2) is 0 Å². The highest BCUT2D eigenvalue weighted by Gasteiger charge is 2.28. The van der Waals surface area contributed by atoms with Gasteiger partial charge in [-0.2, -0.15) is 0 Å². The summed E-state index contributed by atoms with van der Waals surface area (Å²) < 4.78 is 10.8. The molecule has 1 atom stereocenters. The summed E-state index contributed by atoms with van der Waals surface area (Å²) in [6.07, 6.45) is 0.781. The standard InChI is InChI=1S/C14H28N2O3/c1-5-15-12(13(17)18-6-2)7-8-16-9-10-19-14(3,4)11-16/h12,15H,5-11H2,1-4H3. The molecule has 0 amide bonds. The Bertz CT molecular complexity index is 282. The van der Waals surface area contributed by atoms with Crippen LogP contribution in [0.3, 0.4) is 0 Å². The zero-order valence-electron chi connectivity index (χ0n) is 12.7. The van der Waals surface area contributed by atoms with Crippen molar-refractivity contribution in [2.24, 2.45) is 0 Å². The number of ether oxygens (including phenoxy) is 2. The molecule has 0 aromatic carbocycles. The summed E-state index contributed by atoms with van der Waals surface area (Å²) in [5.74, 6) is -0.142. The SMILES string of the molecule is CCNC(CCN1CCOC(C)(C)C1)C(=O)OCC. The Morgan fingerprint density at radius 2 is 2.21 bits per heavy atom. The fraction of sp³-hybridized carbons (Fsp3) is 0.929. The van der Waals surface area contributed by atoms with E-state index in [-0.39, 0.29) is 17.6 Å². The Labute approximate surface area is 116 Å². The normalized spacial score (nSPS) is 21.1.